The third kappa shape index (κ3) is 4.85. The maximum Gasteiger partial charge on any atom is 0.460 e. The van der Waals surface area contributed by atoms with Gasteiger partial charge in [-0.2, -0.15) is 74.6 Å². The van der Waals surface area contributed by atoms with Crippen molar-refractivity contribution in [2.24, 2.45) is 0 Å². The van der Waals surface area contributed by atoms with Gasteiger partial charge in [0.15, 0.2) is 0 Å². The van der Waals surface area contributed by atoms with Crippen LogP contribution in [0.1, 0.15) is 10.4 Å². The Balaban J connectivity index is 3.52. The number of rotatable bonds is 9. The van der Waals surface area contributed by atoms with E-state index in [1.807, 2.05) is 0 Å². The summed E-state index contributed by atoms with van der Waals surface area (Å²) in [5, 5.41) is 0. The van der Waals surface area contributed by atoms with Crippen molar-refractivity contribution >= 4 is 5.97 Å². The normalized spacial score (nSPS) is 15.3. The van der Waals surface area contributed by atoms with Gasteiger partial charge in [-0.3, -0.25) is 0 Å². The summed E-state index contributed by atoms with van der Waals surface area (Å²) in [6, 6.07) is -1.44. The molecule has 0 saturated carbocycles. The van der Waals surface area contributed by atoms with Crippen molar-refractivity contribution in [2.75, 3.05) is 7.11 Å². The molecule has 212 valence electrons. The highest BCUT2D eigenvalue weighted by Crippen LogP contribution is 2.63. The molecule has 0 aliphatic carbocycles. The molecule has 3 nitrogen and oxygen atoms in total. The summed E-state index contributed by atoms with van der Waals surface area (Å²) in [5.74, 6) is -56.6. The number of carbonyl (C=O) groups is 1. The second-order valence-corrected chi connectivity index (χ2v) is 6.65. The van der Waals surface area contributed by atoms with Gasteiger partial charge in [0.05, 0.1) is 12.7 Å². The zero-order valence-corrected chi connectivity index (χ0v) is 17.0. The van der Waals surface area contributed by atoms with Crippen molar-refractivity contribution < 1.29 is 88.9 Å². The molecule has 0 spiro atoms. The van der Waals surface area contributed by atoms with E-state index in [-0.39, 0.29) is 5.56 Å². The Labute approximate surface area is 192 Å². The van der Waals surface area contributed by atoms with E-state index in [1.165, 1.54) is 0 Å². The van der Waals surface area contributed by atoms with Gasteiger partial charge >= 0.3 is 53.7 Å². The van der Waals surface area contributed by atoms with Gasteiger partial charge in [-0.05, 0) is 24.3 Å². The summed E-state index contributed by atoms with van der Waals surface area (Å²) in [5.41, 5.74) is -0.366. The molecule has 1 aromatic rings. The van der Waals surface area contributed by atoms with Crippen LogP contribution in [0, 0.1) is 0 Å². The average Bonchev–Trinajstić information content (AvgIpc) is 2.76. The van der Waals surface area contributed by atoms with Crippen LogP contribution in [0.2, 0.25) is 0 Å². The molecule has 0 saturated heterocycles. The Hall–Kier alpha value is -2.96. The fraction of sp³-hybridized carbons (Fsp3) is 0.471. The molecule has 37 heavy (non-hydrogen) atoms. The van der Waals surface area contributed by atoms with Crippen LogP contribution in [0.3, 0.4) is 0 Å². The van der Waals surface area contributed by atoms with E-state index in [0.717, 1.165) is 7.11 Å². The van der Waals surface area contributed by atoms with Gasteiger partial charge in [0.1, 0.15) is 5.75 Å². The number of methoxy groups -OCH3 is 1. The Morgan fingerprint density at radius 2 is 1.00 bits per heavy atom. The van der Waals surface area contributed by atoms with Crippen LogP contribution in [0.4, 0.5) is 74.6 Å². The molecule has 0 N–H and O–H groups in total. The quantitative estimate of drug-likeness (QED) is 0.174. The van der Waals surface area contributed by atoms with Crippen LogP contribution in [0.25, 0.3) is 0 Å². The van der Waals surface area contributed by atoms with Gasteiger partial charge in [0.2, 0.25) is 5.83 Å². The fourth-order valence-corrected chi connectivity index (χ4v) is 2.15. The molecule has 0 bridgehead atoms. The lowest BCUT2D eigenvalue weighted by Crippen LogP contribution is -2.72. The fourth-order valence-electron chi connectivity index (χ4n) is 2.15. The number of hydrogen-bond donors (Lipinski definition) is 0. The lowest BCUT2D eigenvalue weighted by molar-refractivity contribution is -0.451. The zero-order valence-electron chi connectivity index (χ0n) is 17.0. The number of hydrogen-bond acceptors (Lipinski definition) is 3. The van der Waals surface area contributed by atoms with Crippen molar-refractivity contribution in [1.29, 1.82) is 0 Å². The molecule has 0 aliphatic heterocycles. The number of allylic oxidation sites excluding steroid dienone is 1. The third-order valence-electron chi connectivity index (χ3n) is 4.26. The summed E-state index contributed by atoms with van der Waals surface area (Å²) in [4.78, 5) is 11.2. The lowest BCUT2D eigenvalue weighted by atomic mass is 9.91. The summed E-state index contributed by atoms with van der Waals surface area (Å²) in [6.45, 7) is 0. The topological polar surface area (TPSA) is 35.5 Å². The van der Waals surface area contributed by atoms with Gasteiger partial charge in [-0.1, -0.05) is 0 Å². The summed E-state index contributed by atoms with van der Waals surface area (Å²) in [6.07, 6.45) is -7.80. The van der Waals surface area contributed by atoms with Crippen LogP contribution in [0.15, 0.2) is 36.1 Å². The van der Waals surface area contributed by atoms with Gasteiger partial charge < -0.3 is 9.47 Å². The Kier molecular flexibility index (Phi) is 8.16. The van der Waals surface area contributed by atoms with E-state index in [0.29, 0.717) is 24.3 Å². The van der Waals surface area contributed by atoms with E-state index in [1.54, 1.807) is 0 Å². The maximum absolute atomic E-state index is 13.7. The Bertz CT molecular complexity index is 1020. The van der Waals surface area contributed by atoms with E-state index < -0.39 is 65.3 Å². The average molecular weight is 582 g/mol. The molecular weight excluding hydrogens is 575 g/mol. The molecule has 1 aromatic carbocycles. The van der Waals surface area contributed by atoms with Crippen LogP contribution in [-0.4, -0.2) is 54.8 Å². The van der Waals surface area contributed by atoms with Crippen LogP contribution >= 0.6 is 0 Å². The van der Waals surface area contributed by atoms with Crippen LogP contribution in [-0.2, 0) is 4.74 Å². The van der Waals surface area contributed by atoms with Gasteiger partial charge in [-0.25, -0.2) is 4.79 Å². The lowest BCUT2D eigenvalue weighted by Gasteiger charge is -2.41. The van der Waals surface area contributed by atoms with Crippen molar-refractivity contribution in [2.45, 2.75) is 41.7 Å². The summed E-state index contributed by atoms with van der Waals surface area (Å²) >= 11 is 0. The van der Waals surface area contributed by atoms with Crippen molar-refractivity contribution in [1.82, 2.24) is 0 Å². The highest BCUT2D eigenvalue weighted by molar-refractivity contribution is 5.89. The molecule has 0 unspecified atom stereocenters. The minimum absolute atomic E-state index is 0.366. The SMILES string of the molecule is COC(=O)c1ccc(OC(F)=C(F)C(F)(F)C(F)(F)C(F)(F)C(F)(F)C(F)(F)C(F)(F)C(F)(F)F)cc1. The zero-order chi connectivity index (χ0) is 29.6. The van der Waals surface area contributed by atoms with E-state index in [9.17, 15) is 79.4 Å². The van der Waals surface area contributed by atoms with Crippen molar-refractivity contribution in [3.8, 4) is 5.75 Å². The van der Waals surface area contributed by atoms with Crippen LogP contribution in [0.5, 0.6) is 5.75 Å². The summed E-state index contributed by atoms with van der Waals surface area (Å²) in [7, 11) is 0.867. The second-order valence-electron chi connectivity index (χ2n) is 6.65. The Morgan fingerprint density at radius 3 is 1.38 bits per heavy atom. The van der Waals surface area contributed by atoms with E-state index in [2.05, 4.69) is 9.47 Å². The molecule has 0 radical (unpaired) electrons. The van der Waals surface area contributed by atoms with Crippen molar-refractivity contribution in [3.05, 3.63) is 41.7 Å². The van der Waals surface area contributed by atoms with E-state index >= 15 is 0 Å². The van der Waals surface area contributed by atoms with Gasteiger partial charge in [0, 0.05) is 0 Å². The van der Waals surface area contributed by atoms with Gasteiger partial charge in [-0.15, -0.1) is 0 Å². The number of carbonyl (C=O) groups excluding carboxylic acids is 1. The number of alkyl halides is 15. The number of halogens is 17. The molecule has 0 aliphatic rings. The van der Waals surface area contributed by atoms with Crippen LogP contribution < -0.4 is 4.74 Å². The van der Waals surface area contributed by atoms with Crippen molar-refractivity contribution in [3.63, 3.8) is 0 Å². The predicted octanol–water partition coefficient (Wildman–Crippen LogP) is 7.33. The number of ether oxygens (including phenoxy) is 2. The highest BCUT2D eigenvalue weighted by Gasteiger charge is 2.93. The minimum Gasteiger partial charge on any atom is -0.465 e. The molecule has 0 aromatic heterocycles. The molecule has 0 fully saturated rings. The summed E-state index contributed by atoms with van der Waals surface area (Å²) < 4.78 is 231. The number of esters is 1. The van der Waals surface area contributed by atoms with Gasteiger partial charge in [0.25, 0.3) is 0 Å². The molecular formula is C17H7F17O3. The first kappa shape index (κ1) is 32.1. The first-order valence-corrected chi connectivity index (χ1v) is 8.51. The number of benzene rings is 1. The standard InChI is InChI=1S/C17H7F17O3/c1-36-10(35)6-2-4-7(5-3-6)37-9(19)8(18)11(20,21)12(22,23)13(24,25)14(26,27)15(28,29)16(30,31)17(32,33)34/h2-5H,1H3. The Morgan fingerprint density at radius 1 is 0.622 bits per heavy atom. The third-order valence-corrected chi connectivity index (χ3v) is 4.26. The maximum atomic E-state index is 13.7. The molecule has 0 atom stereocenters. The smallest absolute Gasteiger partial charge is 0.460 e. The minimum atomic E-state index is -8.66. The van der Waals surface area contributed by atoms with E-state index in [4.69, 9.17) is 0 Å². The monoisotopic (exact) mass is 582 g/mol. The molecule has 1 rings (SSSR count). The first-order chi connectivity index (χ1) is 16.3. The predicted molar refractivity (Wildman–Crippen MR) is 83.4 cm³/mol. The highest BCUT2D eigenvalue weighted by atomic mass is 19.4. The largest absolute Gasteiger partial charge is 0.465 e. The second kappa shape index (κ2) is 9.41. The molecule has 20 heteroatoms. The molecule has 0 amide bonds. The first-order valence-electron chi connectivity index (χ1n) is 8.51. The molecule has 0 heterocycles.